The molecule has 0 atom stereocenters. The van der Waals surface area contributed by atoms with E-state index in [1.54, 1.807) is 11.8 Å². The van der Waals surface area contributed by atoms with Gasteiger partial charge in [0.2, 0.25) is 5.95 Å². The molecule has 2 aliphatic rings. The third kappa shape index (κ3) is 3.60. The summed E-state index contributed by atoms with van der Waals surface area (Å²) in [6.07, 6.45) is 6.27. The lowest BCUT2D eigenvalue weighted by Gasteiger charge is -2.27. The van der Waals surface area contributed by atoms with Crippen molar-refractivity contribution in [2.45, 2.75) is 56.0 Å². The molecule has 1 saturated carbocycles. The van der Waals surface area contributed by atoms with E-state index >= 15 is 0 Å². The van der Waals surface area contributed by atoms with Gasteiger partial charge in [0, 0.05) is 35.8 Å². The van der Waals surface area contributed by atoms with E-state index in [4.69, 9.17) is 11.6 Å². The molecule has 146 valence electrons. The van der Waals surface area contributed by atoms with Gasteiger partial charge in [0.1, 0.15) is 5.15 Å². The summed E-state index contributed by atoms with van der Waals surface area (Å²) < 4.78 is 2.36. The van der Waals surface area contributed by atoms with E-state index in [2.05, 4.69) is 55.8 Å². The van der Waals surface area contributed by atoms with Crippen molar-refractivity contribution in [3.05, 3.63) is 40.5 Å². The molecule has 1 aliphatic heterocycles. The zero-order valence-corrected chi connectivity index (χ0v) is 17.6. The first kappa shape index (κ1) is 18.3. The van der Waals surface area contributed by atoms with Crippen LogP contribution in [-0.2, 0) is 5.75 Å². The number of rotatable bonds is 5. The van der Waals surface area contributed by atoms with Gasteiger partial charge in [0.05, 0.1) is 5.52 Å². The molecule has 1 saturated heterocycles. The van der Waals surface area contributed by atoms with E-state index in [0.29, 0.717) is 11.2 Å². The number of nitrogens with zero attached hydrogens (tertiary/aromatic N) is 5. The average Bonchev–Trinajstić information content (AvgIpc) is 3.46. The minimum Gasteiger partial charge on any atom is -0.341 e. The molecule has 5 nitrogen and oxygen atoms in total. The first-order valence-corrected chi connectivity index (χ1v) is 11.4. The smallest absolute Gasteiger partial charge is 0.228 e. The average molecular weight is 414 g/mol. The quantitative estimate of drug-likeness (QED) is 0.413. The van der Waals surface area contributed by atoms with Crippen LogP contribution in [0.4, 0.5) is 5.95 Å². The number of piperidine rings is 1. The van der Waals surface area contributed by atoms with E-state index in [-0.39, 0.29) is 0 Å². The van der Waals surface area contributed by atoms with E-state index < -0.39 is 0 Å². The first-order chi connectivity index (χ1) is 13.7. The van der Waals surface area contributed by atoms with Gasteiger partial charge >= 0.3 is 0 Å². The topological polar surface area (TPSA) is 46.8 Å². The normalized spacial score (nSPS) is 17.4. The summed E-state index contributed by atoms with van der Waals surface area (Å²) in [7, 11) is 0. The van der Waals surface area contributed by atoms with Gasteiger partial charge < -0.3 is 4.90 Å². The van der Waals surface area contributed by atoms with Crippen LogP contribution >= 0.6 is 23.4 Å². The highest BCUT2D eigenvalue weighted by Crippen LogP contribution is 2.42. The van der Waals surface area contributed by atoms with Crippen LogP contribution in [0.3, 0.4) is 0 Å². The molecule has 1 aromatic carbocycles. The Hall–Kier alpha value is -1.79. The number of aromatic nitrogens is 4. The summed E-state index contributed by atoms with van der Waals surface area (Å²) in [5.74, 6) is 1.81. The fraction of sp³-hybridized carbons (Fsp3) is 0.476. The molecule has 2 fully saturated rings. The van der Waals surface area contributed by atoms with Crippen LogP contribution in [0.15, 0.2) is 29.4 Å². The predicted molar refractivity (Wildman–Crippen MR) is 115 cm³/mol. The molecular weight excluding hydrogens is 390 g/mol. The Morgan fingerprint density at radius 1 is 1.11 bits per heavy atom. The molecule has 1 aliphatic carbocycles. The van der Waals surface area contributed by atoms with Gasteiger partial charge in [-0.25, -0.2) is 4.98 Å². The van der Waals surface area contributed by atoms with Gasteiger partial charge in [-0.2, -0.15) is 0 Å². The molecule has 0 N–H and O–H groups in total. The summed E-state index contributed by atoms with van der Waals surface area (Å²) in [5, 5.41) is 11.8. The molecule has 0 radical (unpaired) electrons. The largest absolute Gasteiger partial charge is 0.341 e. The number of hydrogen-bond donors (Lipinski definition) is 0. The van der Waals surface area contributed by atoms with Gasteiger partial charge in [-0.05, 0) is 56.7 Å². The Labute approximate surface area is 174 Å². The van der Waals surface area contributed by atoms with Crippen molar-refractivity contribution in [2.24, 2.45) is 0 Å². The molecule has 7 heteroatoms. The van der Waals surface area contributed by atoms with Crippen molar-refractivity contribution in [3.8, 4) is 0 Å². The highest BCUT2D eigenvalue weighted by atomic mass is 35.5. The highest BCUT2D eigenvalue weighted by molar-refractivity contribution is 7.98. The SMILES string of the molecule is Cc1ccc2cc(CSc3nnc(N4CCCCC4)n3C3CC3)c(Cl)nc2c1. The van der Waals surface area contributed by atoms with Crippen LogP contribution in [0.1, 0.15) is 49.3 Å². The Bertz CT molecular complexity index is 1010. The van der Waals surface area contributed by atoms with Crippen LogP contribution < -0.4 is 4.90 Å². The summed E-state index contributed by atoms with van der Waals surface area (Å²) in [4.78, 5) is 7.01. The second kappa shape index (κ2) is 7.56. The van der Waals surface area contributed by atoms with Crippen molar-refractivity contribution < 1.29 is 0 Å². The summed E-state index contributed by atoms with van der Waals surface area (Å²) in [6.45, 7) is 4.26. The minimum atomic E-state index is 0.558. The molecule has 0 spiro atoms. The molecule has 3 aromatic rings. The summed E-state index contributed by atoms with van der Waals surface area (Å²) in [5.41, 5.74) is 3.20. The van der Waals surface area contributed by atoms with Crippen LogP contribution in [-0.4, -0.2) is 32.8 Å². The molecule has 28 heavy (non-hydrogen) atoms. The maximum Gasteiger partial charge on any atom is 0.228 e. The zero-order valence-electron chi connectivity index (χ0n) is 16.1. The molecule has 0 unspecified atom stereocenters. The van der Waals surface area contributed by atoms with Crippen molar-refractivity contribution >= 4 is 40.2 Å². The number of anilines is 1. The van der Waals surface area contributed by atoms with Crippen LogP contribution in [0.25, 0.3) is 10.9 Å². The molecule has 3 heterocycles. The Morgan fingerprint density at radius 3 is 2.71 bits per heavy atom. The lowest BCUT2D eigenvalue weighted by Crippen LogP contribution is -2.31. The number of halogens is 1. The van der Waals surface area contributed by atoms with Gasteiger partial charge in [0.15, 0.2) is 5.16 Å². The van der Waals surface area contributed by atoms with Gasteiger partial charge in [-0.1, -0.05) is 35.5 Å². The second-order valence-electron chi connectivity index (χ2n) is 7.85. The van der Waals surface area contributed by atoms with Crippen molar-refractivity contribution in [1.29, 1.82) is 0 Å². The lowest BCUT2D eigenvalue weighted by atomic mass is 10.1. The zero-order chi connectivity index (χ0) is 19.1. The Morgan fingerprint density at radius 2 is 1.93 bits per heavy atom. The highest BCUT2D eigenvalue weighted by Gasteiger charge is 2.32. The molecule has 2 aromatic heterocycles. The Kier molecular flexibility index (Phi) is 4.93. The first-order valence-electron chi connectivity index (χ1n) is 10.1. The lowest BCUT2D eigenvalue weighted by molar-refractivity contribution is 0.548. The van der Waals surface area contributed by atoms with Crippen molar-refractivity contribution in [2.75, 3.05) is 18.0 Å². The third-order valence-electron chi connectivity index (χ3n) is 5.55. The number of hydrogen-bond acceptors (Lipinski definition) is 5. The minimum absolute atomic E-state index is 0.558. The van der Waals surface area contributed by atoms with Crippen molar-refractivity contribution in [1.82, 2.24) is 19.7 Å². The molecule has 0 bridgehead atoms. The molecule has 5 rings (SSSR count). The fourth-order valence-electron chi connectivity index (χ4n) is 3.87. The van der Waals surface area contributed by atoms with Crippen molar-refractivity contribution in [3.63, 3.8) is 0 Å². The predicted octanol–water partition coefficient (Wildman–Crippen LogP) is 5.41. The van der Waals surface area contributed by atoms with Gasteiger partial charge in [0.25, 0.3) is 0 Å². The number of benzene rings is 1. The standard InChI is InChI=1S/C21H24ClN5S/c1-14-5-6-15-12-16(19(22)23-18(15)11-14)13-28-21-25-24-20(27(21)17-7-8-17)26-9-3-2-4-10-26/h5-6,11-12,17H,2-4,7-10,13H2,1H3. The summed E-state index contributed by atoms with van der Waals surface area (Å²) >= 11 is 8.21. The number of fused-ring (bicyclic) bond motifs is 1. The van der Waals surface area contributed by atoms with Gasteiger partial charge in [-0.3, -0.25) is 4.57 Å². The summed E-state index contributed by atoms with van der Waals surface area (Å²) in [6, 6.07) is 9.02. The molecule has 0 amide bonds. The maximum absolute atomic E-state index is 6.49. The Balaban J connectivity index is 1.39. The van der Waals surface area contributed by atoms with E-state index in [9.17, 15) is 0 Å². The fourth-order valence-corrected chi connectivity index (χ4v) is 5.14. The van der Waals surface area contributed by atoms with E-state index in [1.807, 2.05) is 0 Å². The van der Waals surface area contributed by atoms with Crippen LogP contribution in [0.2, 0.25) is 5.15 Å². The number of thioether (sulfide) groups is 1. The number of pyridine rings is 1. The molecular formula is C21H24ClN5S. The maximum atomic E-state index is 6.49. The number of aryl methyl sites for hydroxylation is 1. The second-order valence-corrected chi connectivity index (χ2v) is 9.16. The third-order valence-corrected chi connectivity index (χ3v) is 6.87. The van der Waals surface area contributed by atoms with Gasteiger partial charge in [-0.15, -0.1) is 10.2 Å². The van der Waals surface area contributed by atoms with Crippen LogP contribution in [0, 0.1) is 6.92 Å². The van der Waals surface area contributed by atoms with E-state index in [1.165, 1.54) is 37.7 Å². The van der Waals surface area contributed by atoms with E-state index in [0.717, 1.165) is 46.4 Å². The van der Waals surface area contributed by atoms with Crippen LogP contribution in [0.5, 0.6) is 0 Å². The monoisotopic (exact) mass is 413 g/mol.